The summed E-state index contributed by atoms with van der Waals surface area (Å²) in [4.78, 5) is 2.78. The topological polar surface area (TPSA) is 15.3 Å². The van der Waals surface area contributed by atoms with Crippen molar-refractivity contribution in [2.75, 3.05) is 18.4 Å². The molecule has 19 heavy (non-hydrogen) atoms. The Morgan fingerprint density at radius 1 is 1.00 bits per heavy atom. The molecular formula is C17H24N2. The first-order chi connectivity index (χ1) is 9.38. The molecule has 1 saturated heterocycles. The summed E-state index contributed by atoms with van der Waals surface area (Å²) >= 11 is 0. The van der Waals surface area contributed by atoms with Crippen LogP contribution < -0.4 is 5.32 Å². The number of hydrogen-bond donors (Lipinski definition) is 1. The van der Waals surface area contributed by atoms with Gasteiger partial charge in [-0.3, -0.25) is 4.90 Å². The van der Waals surface area contributed by atoms with Crippen molar-refractivity contribution in [1.82, 2.24) is 4.90 Å². The Morgan fingerprint density at radius 3 is 2.63 bits per heavy atom. The van der Waals surface area contributed by atoms with Gasteiger partial charge in [0.2, 0.25) is 0 Å². The summed E-state index contributed by atoms with van der Waals surface area (Å²) in [6.07, 6.45) is 7.34. The summed E-state index contributed by atoms with van der Waals surface area (Å²) in [5.41, 5.74) is 1.28. The lowest BCUT2D eigenvalue weighted by Crippen LogP contribution is -2.38. The van der Waals surface area contributed by atoms with E-state index >= 15 is 0 Å². The van der Waals surface area contributed by atoms with Gasteiger partial charge in [-0.15, -0.1) is 0 Å². The molecule has 4 atom stereocenters. The average Bonchev–Trinajstić information content (AvgIpc) is 3.15. The third-order valence-corrected chi connectivity index (χ3v) is 5.53. The minimum absolute atomic E-state index is 0.654. The van der Waals surface area contributed by atoms with Crippen LogP contribution in [0.3, 0.4) is 0 Å². The lowest BCUT2D eigenvalue weighted by Gasteiger charge is -2.31. The first-order valence-electron chi connectivity index (χ1n) is 7.94. The van der Waals surface area contributed by atoms with E-state index in [0.717, 1.165) is 17.9 Å². The molecule has 2 aliphatic carbocycles. The number of likely N-dealkylation sites (tertiary alicyclic amines) is 1. The summed E-state index contributed by atoms with van der Waals surface area (Å²) in [7, 11) is 0. The minimum Gasteiger partial charge on any atom is -0.381 e. The normalized spacial score (nSPS) is 37.9. The maximum atomic E-state index is 3.70. The lowest BCUT2D eigenvalue weighted by atomic mass is 9.94. The Labute approximate surface area is 116 Å². The van der Waals surface area contributed by atoms with Gasteiger partial charge < -0.3 is 5.32 Å². The first-order valence-corrected chi connectivity index (χ1v) is 7.94. The van der Waals surface area contributed by atoms with Crippen molar-refractivity contribution in [2.45, 2.75) is 44.2 Å². The second-order valence-corrected chi connectivity index (χ2v) is 6.73. The van der Waals surface area contributed by atoms with Crippen molar-refractivity contribution in [3.63, 3.8) is 0 Å². The highest BCUT2D eigenvalue weighted by Gasteiger charge is 2.43. The Balaban J connectivity index is 1.36. The zero-order valence-electron chi connectivity index (χ0n) is 11.6. The van der Waals surface area contributed by atoms with Gasteiger partial charge >= 0.3 is 0 Å². The highest BCUT2D eigenvalue weighted by atomic mass is 15.2. The Hall–Kier alpha value is -1.02. The second kappa shape index (κ2) is 4.82. The molecule has 0 unspecified atom stereocenters. The van der Waals surface area contributed by atoms with Crippen LogP contribution in [0.1, 0.15) is 32.1 Å². The van der Waals surface area contributed by atoms with Crippen LogP contribution in [0.25, 0.3) is 0 Å². The van der Waals surface area contributed by atoms with Crippen LogP contribution in [-0.2, 0) is 0 Å². The number of nitrogens with one attached hydrogen (secondary N) is 1. The number of fused-ring (bicyclic) bond motifs is 2. The summed E-state index contributed by atoms with van der Waals surface area (Å²) in [6.45, 7) is 2.56. The van der Waals surface area contributed by atoms with Gasteiger partial charge in [-0.2, -0.15) is 0 Å². The lowest BCUT2D eigenvalue weighted by molar-refractivity contribution is 0.174. The van der Waals surface area contributed by atoms with E-state index in [4.69, 9.17) is 0 Å². The molecule has 0 amide bonds. The van der Waals surface area contributed by atoms with Crippen LogP contribution in [0.5, 0.6) is 0 Å². The van der Waals surface area contributed by atoms with Crippen LogP contribution in [0.2, 0.25) is 0 Å². The third-order valence-electron chi connectivity index (χ3n) is 5.53. The molecule has 0 radical (unpaired) electrons. The van der Waals surface area contributed by atoms with Crippen molar-refractivity contribution < 1.29 is 0 Å². The van der Waals surface area contributed by atoms with Gasteiger partial charge in [0.1, 0.15) is 0 Å². The fourth-order valence-corrected chi connectivity index (χ4v) is 4.63. The molecule has 1 N–H and O–H groups in total. The van der Waals surface area contributed by atoms with E-state index < -0.39 is 0 Å². The molecule has 1 aromatic rings. The van der Waals surface area contributed by atoms with E-state index in [1.807, 2.05) is 0 Å². The molecule has 2 nitrogen and oxygen atoms in total. The first kappa shape index (κ1) is 11.8. The molecule has 1 aromatic carbocycles. The molecule has 3 fully saturated rings. The van der Waals surface area contributed by atoms with E-state index in [1.54, 1.807) is 0 Å². The molecule has 0 spiro atoms. The van der Waals surface area contributed by atoms with Crippen LogP contribution >= 0.6 is 0 Å². The molecule has 0 aromatic heterocycles. The number of benzene rings is 1. The van der Waals surface area contributed by atoms with E-state index in [0.29, 0.717) is 6.04 Å². The van der Waals surface area contributed by atoms with Gasteiger partial charge in [0.25, 0.3) is 0 Å². The predicted octanol–water partition coefficient (Wildman–Crippen LogP) is 3.36. The number of para-hydroxylation sites is 1. The Morgan fingerprint density at radius 2 is 1.89 bits per heavy atom. The van der Waals surface area contributed by atoms with Crippen LogP contribution in [0, 0.1) is 11.8 Å². The van der Waals surface area contributed by atoms with Crippen LogP contribution in [0.4, 0.5) is 5.69 Å². The SMILES string of the molecule is c1ccc(N[C@H]2CCN([C@@H]3C[C@H]4CC[C@H]3C4)C2)cc1. The van der Waals surface area contributed by atoms with Crippen molar-refractivity contribution >= 4 is 5.69 Å². The number of nitrogens with zero attached hydrogens (tertiary/aromatic N) is 1. The van der Waals surface area contributed by atoms with Crippen molar-refractivity contribution in [2.24, 2.45) is 11.8 Å². The standard InChI is InChI=1S/C17H24N2/c1-2-4-15(5-3-1)18-16-8-9-19(12-16)17-11-13-6-7-14(17)10-13/h1-5,13-14,16-18H,6-12H2/t13-,14-,16-,17+/m0/s1. The predicted molar refractivity (Wildman–Crippen MR) is 79.3 cm³/mol. The van der Waals surface area contributed by atoms with Gasteiger partial charge in [-0.25, -0.2) is 0 Å². The number of rotatable bonds is 3. The average molecular weight is 256 g/mol. The van der Waals surface area contributed by atoms with E-state index in [-0.39, 0.29) is 0 Å². The largest absolute Gasteiger partial charge is 0.381 e. The van der Waals surface area contributed by atoms with Gasteiger partial charge in [0.15, 0.2) is 0 Å². The summed E-state index contributed by atoms with van der Waals surface area (Å²) in [5, 5.41) is 3.70. The molecular weight excluding hydrogens is 232 g/mol. The van der Waals surface area contributed by atoms with Crippen LogP contribution in [0.15, 0.2) is 30.3 Å². The summed E-state index contributed by atoms with van der Waals surface area (Å²) in [5.74, 6) is 2.09. The zero-order valence-corrected chi connectivity index (χ0v) is 11.6. The molecule has 3 aliphatic rings. The Bertz CT molecular complexity index is 430. The van der Waals surface area contributed by atoms with Gasteiger partial charge in [-0.1, -0.05) is 24.6 Å². The van der Waals surface area contributed by atoms with Gasteiger partial charge in [-0.05, 0) is 49.7 Å². The quantitative estimate of drug-likeness (QED) is 0.892. The smallest absolute Gasteiger partial charge is 0.0400 e. The van der Waals surface area contributed by atoms with Crippen molar-refractivity contribution in [1.29, 1.82) is 0 Å². The molecule has 2 saturated carbocycles. The van der Waals surface area contributed by atoms with Crippen molar-refractivity contribution in [3.8, 4) is 0 Å². The van der Waals surface area contributed by atoms with Gasteiger partial charge in [0, 0.05) is 30.9 Å². The molecule has 1 aliphatic heterocycles. The monoisotopic (exact) mass is 256 g/mol. The van der Waals surface area contributed by atoms with Crippen molar-refractivity contribution in [3.05, 3.63) is 30.3 Å². The maximum Gasteiger partial charge on any atom is 0.0400 e. The number of anilines is 1. The van der Waals surface area contributed by atoms with Gasteiger partial charge in [0.05, 0.1) is 0 Å². The summed E-state index contributed by atoms with van der Waals surface area (Å²) < 4.78 is 0. The fourth-order valence-electron chi connectivity index (χ4n) is 4.63. The third kappa shape index (κ3) is 2.27. The highest BCUT2D eigenvalue weighted by Crippen LogP contribution is 2.47. The zero-order chi connectivity index (χ0) is 12.7. The molecule has 102 valence electrons. The molecule has 2 heteroatoms. The minimum atomic E-state index is 0.654. The van der Waals surface area contributed by atoms with E-state index in [2.05, 4.69) is 40.5 Å². The second-order valence-electron chi connectivity index (χ2n) is 6.73. The highest BCUT2D eigenvalue weighted by molar-refractivity contribution is 5.43. The summed E-state index contributed by atoms with van der Waals surface area (Å²) in [6, 6.07) is 12.3. The Kier molecular flexibility index (Phi) is 2.99. The fraction of sp³-hybridized carbons (Fsp3) is 0.647. The maximum absolute atomic E-state index is 3.70. The molecule has 2 bridgehead atoms. The molecule has 4 rings (SSSR count). The van der Waals surface area contributed by atoms with E-state index in [9.17, 15) is 0 Å². The van der Waals surface area contributed by atoms with E-state index in [1.165, 1.54) is 50.9 Å². The number of hydrogen-bond acceptors (Lipinski definition) is 2. The molecule has 1 heterocycles. The van der Waals surface area contributed by atoms with Crippen LogP contribution in [-0.4, -0.2) is 30.1 Å².